The summed E-state index contributed by atoms with van der Waals surface area (Å²) in [4.78, 5) is 15.7. The van der Waals surface area contributed by atoms with E-state index >= 15 is 0 Å². The van der Waals surface area contributed by atoms with Crippen molar-refractivity contribution < 1.29 is 13.9 Å². The zero-order chi connectivity index (χ0) is 13.8. The molecule has 0 unspecified atom stereocenters. The third-order valence-electron chi connectivity index (χ3n) is 2.59. The minimum atomic E-state index is -0.455. The number of rotatable bonds is 4. The Kier molecular flexibility index (Phi) is 4.27. The normalized spacial score (nSPS) is 10.3. The van der Waals surface area contributed by atoms with Crippen molar-refractivity contribution in [3.63, 3.8) is 0 Å². The second-order valence-electron chi connectivity index (χ2n) is 3.93. The fraction of sp³-hybridized carbons (Fsp3) is 0.143. The molecule has 0 atom stereocenters. The van der Waals surface area contributed by atoms with Crippen LogP contribution in [0.2, 0.25) is 0 Å². The topological polar surface area (TPSA) is 39.2 Å². The molecule has 3 nitrogen and oxygen atoms in total. The Labute approximate surface area is 118 Å². The zero-order valence-corrected chi connectivity index (χ0v) is 11.8. The Morgan fingerprint density at radius 2 is 2.16 bits per heavy atom. The number of ether oxygens (including phenoxy) is 1. The SMILES string of the molecule is COc1ccc(CC(=O)c2ccc(F)cn2)cc1Br. The van der Waals surface area contributed by atoms with Gasteiger partial charge in [-0.2, -0.15) is 0 Å². The molecule has 0 bridgehead atoms. The van der Waals surface area contributed by atoms with Crippen molar-refractivity contribution in [2.75, 3.05) is 7.11 Å². The summed E-state index contributed by atoms with van der Waals surface area (Å²) < 4.78 is 18.6. The van der Waals surface area contributed by atoms with Gasteiger partial charge in [0.1, 0.15) is 17.3 Å². The number of pyridine rings is 1. The molecule has 2 rings (SSSR count). The minimum Gasteiger partial charge on any atom is -0.496 e. The van der Waals surface area contributed by atoms with Crippen LogP contribution < -0.4 is 4.74 Å². The van der Waals surface area contributed by atoms with Gasteiger partial charge in [0, 0.05) is 6.42 Å². The maximum absolute atomic E-state index is 12.7. The van der Waals surface area contributed by atoms with E-state index < -0.39 is 5.82 Å². The highest BCUT2D eigenvalue weighted by molar-refractivity contribution is 9.10. The van der Waals surface area contributed by atoms with E-state index in [9.17, 15) is 9.18 Å². The quantitative estimate of drug-likeness (QED) is 0.809. The third kappa shape index (κ3) is 3.38. The standard InChI is InChI=1S/C14H11BrFNO2/c1-19-14-5-2-9(6-11(14)15)7-13(18)12-4-3-10(16)8-17-12/h2-6,8H,7H2,1H3. The number of hydrogen-bond acceptors (Lipinski definition) is 3. The molecule has 98 valence electrons. The lowest BCUT2D eigenvalue weighted by Gasteiger charge is -2.06. The Bertz CT molecular complexity index is 599. The van der Waals surface area contributed by atoms with Crippen LogP contribution in [0.4, 0.5) is 4.39 Å². The lowest BCUT2D eigenvalue weighted by molar-refractivity contribution is 0.0988. The number of carbonyl (C=O) groups excluding carboxylic acids is 1. The highest BCUT2D eigenvalue weighted by atomic mass is 79.9. The number of benzene rings is 1. The lowest BCUT2D eigenvalue weighted by Crippen LogP contribution is -2.06. The summed E-state index contributed by atoms with van der Waals surface area (Å²) in [5, 5.41) is 0. The number of ketones is 1. The second kappa shape index (κ2) is 5.93. The summed E-state index contributed by atoms with van der Waals surface area (Å²) in [6, 6.07) is 8.02. The van der Waals surface area contributed by atoms with Crippen LogP contribution >= 0.6 is 15.9 Å². The van der Waals surface area contributed by atoms with Gasteiger partial charge in [0.2, 0.25) is 0 Å². The number of methoxy groups -OCH3 is 1. The number of aromatic nitrogens is 1. The fourth-order valence-corrected chi connectivity index (χ4v) is 2.22. The molecule has 0 saturated heterocycles. The van der Waals surface area contributed by atoms with Crippen molar-refractivity contribution in [1.82, 2.24) is 4.98 Å². The van der Waals surface area contributed by atoms with E-state index in [1.54, 1.807) is 13.2 Å². The Hall–Kier alpha value is -1.75. The predicted octanol–water partition coefficient (Wildman–Crippen LogP) is 3.42. The monoisotopic (exact) mass is 323 g/mol. The first-order valence-corrected chi connectivity index (χ1v) is 6.36. The molecule has 0 saturated carbocycles. The van der Waals surface area contributed by atoms with Crippen LogP contribution in [0.25, 0.3) is 0 Å². The fourth-order valence-electron chi connectivity index (χ4n) is 1.64. The summed E-state index contributed by atoms with van der Waals surface area (Å²) in [6.45, 7) is 0. The summed E-state index contributed by atoms with van der Waals surface area (Å²) in [5.74, 6) is 0.0944. The molecule has 1 aromatic heterocycles. The first-order valence-electron chi connectivity index (χ1n) is 5.57. The Morgan fingerprint density at radius 1 is 1.37 bits per heavy atom. The number of nitrogens with zero attached hydrogens (tertiary/aromatic N) is 1. The van der Waals surface area contributed by atoms with Crippen molar-refractivity contribution in [3.8, 4) is 5.75 Å². The first kappa shape index (κ1) is 13.7. The lowest BCUT2D eigenvalue weighted by atomic mass is 10.1. The molecule has 2 aromatic rings. The van der Waals surface area contributed by atoms with Gasteiger partial charge in [-0.05, 0) is 45.8 Å². The van der Waals surface area contributed by atoms with Crippen LogP contribution in [0, 0.1) is 5.82 Å². The minimum absolute atomic E-state index is 0.155. The Morgan fingerprint density at radius 3 is 2.74 bits per heavy atom. The van der Waals surface area contributed by atoms with E-state index in [0.717, 1.165) is 16.2 Å². The van der Waals surface area contributed by atoms with Gasteiger partial charge in [-0.25, -0.2) is 4.39 Å². The van der Waals surface area contributed by atoms with Gasteiger partial charge in [-0.3, -0.25) is 9.78 Å². The van der Waals surface area contributed by atoms with Gasteiger partial charge in [-0.15, -0.1) is 0 Å². The summed E-state index contributed by atoms with van der Waals surface area (Å²) in [6.07, 6.45) is 1.25. The van der Waals surface area contributed by atoms with Gasteiger partial charge in [-0.1, -0.05) is 6.07 Å². The number of hydrogen-bond donors (Lipinski definition) is 0. The number of Topliss-reactive ketones (excluding diaryl/α,β-unsaturated/α-hetero) is 1. The van der Waals surface area contributed by atoms with E-state index in [1.165, 1.54) is 12.1 Å². The highest BCUT2D eigenvalue weighted by Gasteiger charge is 2.10. The second-order valence-corrected chi connectivity index (χ2v) is 4.78. The molecule has 0 N–H and O–H groups in total. The molecule has 5 heteroatoms. The molecule has 1 aromatic carbocycles. The maximum Gasteiger partial charge on any atom is 0.185 e. The van der Waals surface area contributed by atoms with Crippen molar-refractivity contribution in [1.29, 1.82) is 0 Å². The summed E-state index contributed by atoms with van der Waals surface area (Å²) in [7, 11) is 1.58. The van der Waals surface area contributed by atoms with Gasteiger partial charge >= 0.3 is 0 Å². The molecule has 0 spiro atoms. The maximum atomic E-state index is 12.7. The van der Waals surface area contributed by atoms with Gasteiger partial charge in [0.15, 0.2) is 5.78 Å². The largest absolute Gasteiger partial charge is 0.496 e. The van der Waals surface area contributed by atoms with Crippen LogP contribution in [0.15, 0.2) is 41.0 Å². The molecular formula is C14H11BrFNO2. The van der Waals surface area contributed by atoms with E-state index in [0.29, 0.717) is 5.75 Å². The summed E-state index contributed by atoms with van der Waals surface area (Å²) in [5.41, 5.74) is 1.09. The average Bonchev–Trinajstić information content (AvgIpc) is 2.39. The van der Waals surface area contributed by atoms with Crippen LogP contribution in [-0.4, -0.2) is 17.9 Å². The molecule has 1 heterocycles. The molecule has 0 radical (unpaired) electrons. The average molecular weight is 324 g/mol. The number of halogens is 2. The molecule has 0 aliphatic heterocycles. The molecule has 19 heavy (non-hydrogen) atoms. The predicted molar refractivity (Wildman–Crippen MR) is 72.9 cm³/mol. The van der Waals surface area contributed by atoms with E-state index in [1.807, 2.05) is 12.1 Å². The zero-order valence-electron chi connectivity index (χ0n) is 10.2. The van der Waals surface area contributed by atoms with Gasteiger partial charge < -0.3 is 4.74 Å². The molecule has 0 aliphatic carbocycles. The molecular weight excluding hydrogens is 313 g/mol. The van der Waals surface area contributed by atoms with Crippen molar-refractivity contribution in [2.45, 2.75) is 6.42 Å². The van der Waals surface area contributed by atoms with E-state index in [2.05, 4.69) is 20.9 Å². The molecule has 0 fully saturated rings. The van der Waals surface area contributed by atoms with Crippen LogP contribution in [0.5, 0.6) is 5.75 Å². The number of carbonyl (C=O) groups is 1. The van der Waals surface area contributed by atoms with Gasteiger partial charge in [0.05, 0.1) is 17.8 Å². The highest BCUT2D eigenvalue weighted by Crippen LogP contribution is 2.25. The van der Waals surface area contributed by atoms with E-state index in [4.69, 9.17) is 4.74 Å². The van der Waals surface area contributed by atoms with Crippen molar-refractivity contribution in [2.24, 2.45) is 0 Å². The van der Waals surface area contributed by atoms with E-state index in [-0.39, 0.29) is 17.9 Å². The van der Waals surface area contributed by atoms with Crippen molar-refractivity contribution >= 4 is 21.7 Å². The smallest absolute Gasteiger partial charge is 0.185 e. The van der Waals surface area contributed by atoms with Crippen LogP contribution in [-0.2, 0) is 6.42 Å². The van der Waals surface area contributed by atoms with Crippen molar-refractivity contribution in [3.05, 3.63) is 58.1 Å². The molecule has 0 aliphatic rings. The molecule has 0 amide bonds. The first-order chi connectivity index (χ1) is 9.10. The summed E-state index contributed by atoms with van der Waals surface area (Å²) >= 11 is 3.36. The van der Waals surface area contributed by atoms with Gasteiger partial charge in [0.25, 0.3) is 0 Å². The van der Waals surface area contributed by atoms with Crippen LogP contribution in [0.3, 0.4) is 0 Å². The Balaban J connectivity index is 2.14. The van der Waals surface area contributed by atoms with Crippen LogP contribution in [0.1, 0.15) is 16.1 Å². The third-order valence-corrected chi connectivity index (χ3v) is 3.21.